The van der Waals surface area contributed by atoms with E-state index in [1.165, 1.54) is 12.1 Å². The number of halogens is 2. The molecule has 0 N–H and O–H groups in total. The monoisotopic (exact) mass is 527 g/mol. The van der Waals surface area contributed by atoms with Gasteiger partial charge in [0, 0.05) is 4.47 Å². The fourth-order valence-corrected chi connectivity index (χ4v) is 4.30. The molecule has 5 nitrogen and oxygen atoms in total. The van der Waals surface area contributed by atoms with Crippen LogP contribution in [0.15, 0.2) is 76.1 Å². The molecular weight excluding hydrogens is 509 g/mol. The van der Waals surface area contributed by atoms with Gasteiger partial charge in [0.05, 0.1) is 18.6 Å². The fourth-order valence-electron chi connectivity index (χ4n) is 3.19. The molecule has 33 heavy (non-hydrogen) atoms. The van der Waals surface area contributed by atoms with Crippen LogP contribution in [0.25, 0.3) is 6.08 Å². The smallest absolute Gasteiger partial charge is 0.293 e. The van der Waals surface area contributed by atoms with Crippen molar-refractivity contribution in [3.05, 3.63) is 98.6 Å². The molecule has 1 aliphatic rings. The maximum Gasteiger partial charge on any atom is 0.293 e. The van der Waals surface area contributed by atoms with Crippen molar-refractivity contribution in [1.29, 1.82) is 0 Å². The van der Waals surface area contributed by atoms with Gasteiger partial charge < -0.3 is 9.47 Å². The number of benzene rings is 3. The SMILES string of the molecule is COc1cc(/C=C2\SC(=O)N(Cc3ccc(F)cc3)C2=O)ccc1OCc1ccc(Br)cc1. The predicted octanol–water partition coefficient (Wildman–Crippen LogP) is 6.41. The number of hydrogen-bond donors (Lipinski definition) is 0. The zero-order valence-corrected chi connectivity index (χ0v) is 20.0. The number of hydrogen-bond acceptors (Lipinski definition) is 5. The molecule has 0 aromatic heterocycles. The summed E-state index contributed by atoms with van der Waals surface area (Å²) >= 11 is 4.28. The van der Waals surface area contributed by atoms with Gasteiger partial charge in [0.2, 0.25) is 0 Å². The van der Waals surface area contributed by atoms with Gasteiger partial charge in [-0.05, 0) is 70.9 Å². The first-order valence-electron chi connectivity index (χ1n) is 9.98. The Hall–Kier alpha value is -3.10. The van der Waals surface area contributed by atoms with Crippen molar-refractivity contribution in [2.45, 2.75) is 13.2 Å². The van der Waals surface area contributed by atoms with E-state index in [1.54, 1.807) is 43.5 Å². The molecule has 1 saturated heterocycles. The zero-order valence-electron chi connectivity index (χ0n) is 17.6. The minimum atomic E-state index is -0.385. The normalized spacial score (nSPS) is 14.8. The van der Waals surface area contributed by atoms with Crippen LogP contribution in [-0.4, -0.2) is 23.2 Å². The first-order valence-corrected chi connectivity index (χ1v) is 11.6. The molecule has 0 bridgehead atoms. The second-order valence-corrected chi connectivity index (χ2v) is 9.13. The third-order valence-electron chi connectivity index (χ3n) is 4.92. The number of thioether (sulfide) groups is 1. The van der Waals surface area contributed by atoms with Crippen LogP contribution in [0.5, 0.6) is 11.5 Å². The molecule has 4 rings (SSSR count). The molecule has 1 aliphatic heterocycles. The van der Waals surface area contributed by atoms with E-state index in [4.69, 9.17) is 9.47 Å². The van der Waals surface area contributed by atoms with Gasteiger partial charge in [0.15, 0.2) is 11.5 Å². The van der Waals surface area contributed by atoms with E-state index in [9.17, 15) is 14.0 Å². The van der Waals surface area contributed by atoms with E-state index in [-0.39, 0.29) is 23.5 Å². The van der Waals surface area contributed by atoms with E-state index in [1.807, 2.05) is 24.3 Å². The molecule has 0 radical (unpaired) electrons. The van der Waals surface area contributed by atoms with E-state index < -0.39 is 0 Å². The first kappa shape index (κ1) is 23.1. The Morgan fingerprint density at radius 2 is 1.67 bits per heavy atom. The average Bonchev–Trinajstić information content (AvgIpc) is 3.07. The highest BCUT2D eigenvalue weighted by Gasteiger charge is 2.35. The Balaban J connectivity index is 1.47. The van der Waals surface area contributed by atoms with Crippen LogP contribution in [-0.2, 0) is 17.9 Å². The van der Waals surface area contributed by atoms with Crippen LogP contribution in [0.2, 0.25) is 0 Å². The zero-order chi connectivity index (χ0) is 23.4. The lowest BCUT2D eigenvalue weighted by molar-refractivity contribution is -0.123. The molecular formula is C25H19BrFNO4S. The van der Waals surface area contributed by atoms with E-state index in [2.05, 4.69) is 15.9 Å². The van der Waals surface area contributed by atoms with Gasteiger partial charge in [-0.25, -0.2) is 4.39 Å². The maximum absolute atomic E-state index is 13.1. The second kappa shape index (κ2) is 10.2. The molecule has 3 aromatic rings. The minimum absolute atomic E-state index is 0.0917. The number of methoxy groups -OCH3 is 1. The Morgan fingerprint density at radius 3 is 2.36 bits per heavy atom. The van der Waals surface area contributed by atoms with Crippen molar-refractivity contribution in [3.63, 3.8) is 0 Å². The summed E-state index contributed by atoms with van der Waals surface area (Å²) in [5.41, 5.74) is 2.39. The molecule has 0 saturated carbocycles. The Morgan fingerprint density at radius 1 is 0.970 bits per heavy atom. The highest BCUT2D eigenvalue weighted by atomic mass is 79.9. The van der Waals surface area contributed by atoms with Crippen LogP contribution >= 0.6 is 27.7 Å². The molecule has 0 atom stereocenters. The summed E-state index contributed by atoms with van der Waals surface area (Å²) in [4.78, 5) is 26.6. The van der Waals surface area contributed by atoms with Crippen molar-refractivity contribution in [1.82, 2.24) is 4.90 Å². The lowest BCUT2D eigenvalue weighted by atomic mass is 10.1. The average molecular weight is 528 g/mol. The molecule has 2 amide bonds. The van der Waals surface area contributed by atoms with Crippen molar-refractivity contribution in [2.75, 3.05) is 7.11 Å². The third-order valence-corrected chi connectivity index (χ3v) is 6.36. The van der Waals surface area contributed by atoms with Crippen LogP contribution in [0.4, 0.5) is 9.18 Å². The number of ether oxygens (including phenoxy) is 2. The largest absolute Gasteiger partial charge is 0.493 e. The van der Waals surface area contributed by atoms with Gasteiger partial charge >= 0.3 is 0 Å². The van der Waals surface area contributed by atoms with Gasteiger partial charge in [-0.2, -0.15) is 0 Å². The molecule has 8 heteroatoms. The predicted molar refractivity (Wildman–Crippen MR) is 129 cm³/mol. The van der Waals surface area contributed by atoms with Crippen LogP contribution in [0, 0.1) is 5.82 Å². The lowest BCUT2D eigenvalue weighted by Crippen LogP contribution is -2.27. The summed E-state index contributed by atoms with van der Waals surface area (Å²) < 4.78 is 25.5. The van der Waals surface area contributed by atoms with Crippen LogP contribution in [0.1, 0.15) is 16.7 Å². The Labute approximate surface area is 203 Å². The molecule has 0 unspecified atom stereocenters. The summed E-state index contributed by atoms with van der Waals surface area (Å²) in [6.07, 6.45) is 1.65. The van der Waals surface area contributed by atoms with Crippen molar-refractivity contribution in [3.8, 4) is 11.5 Å². The quantitative estimate of drug-likeness (QED) is 0.332. The summed E-state index contributed by atoms with van der Waals surface area (Å²) in [6, 6.07) is 18.9. The number of carbonyl (C=O) groups excluding carboxylic acids is 2. The molecule has 0 aliphatic carbocycles. The number of amides is 2. The molecule has 3 aromatic carbocycles. The molecule has 1 heterocycles. The second-order valence-electron chi connectivity index (χ2n) is 7.22. The van der Waals surface area contributed by atoms with Gasteiger partial charge in [-0.15, -0.1) is 0 Å². The van der Waals surface area contributed by atoms with Gasteiger partial charge in [0.25, 0.3) is 11.1 Å². The van der Waals surface area contributed by atoms with E-state index in [0.717, 1.165) is 26.7 Å². The van der Waals surface area contributed by atoms with Crippen molar-refractivity contribution in [2.24, 2.45) is 0 Å². The topological polar surface area (TPSA) is 55.8 Å². The maximum atomic E-state index is 13.1. The van der Waals surface area contributed by atoms with Crippen molar-refractivity contribution < 1.29 is 23.5 Å². The first-order chi connectivity index (χ1) is 15.9. The van der Waals surface area contributed by atoms with Crippen LogP contribution < -0.4 is 9.47 Å². The van der Waals surface area contributed by atoms with E-state index >= 15 is 0 Å². The van der Waals surface area contributed by atoms with Gasteiger partial charge in [-0.3, -0.25) is 14.5 Å². The highest BCUT2D eigenvalue weighted by molar-refractivity contribution is 9.10. The summed E-state index contributed by atoms with van der Waals surface area (Å²) in [6.45, 7) is 0.472. The van der Waals surface area contributed by atoms with E-state index in [0.29, 0.717) is 34.1 Å². The van der Waals surface area contributed by atoms with Crippen molar-refractivity contribution >= 4 is 44.9 Å². The number of rotatable bonds is 7. The number of nitrogens with zero attached hydrogens (tertiary/aromatic N) is 1. The minimum Gasteiger partial charge on any atom is -0.493 e. The Bertz CT molecular complexity index is 1210. The van der Waals surface area contributed by atoms with Crippen LogP contribution in [0.3, 0.4) is 0 Å². The summed E-state index contributed by atoms with van der Waals surface area (Å²) in [5.74, 6) is 0.336. The molecule has 168 valence electrons. The van der Waals surface area contributed by atoms with Gasteiger partial charge in [-0.1, -0.05) is 46.3 Å². The number of carbonyl (C=O) groups is 2. The lowest BCUT2D eigenvalue weighted by Gasteiger charge is -2.12. The standard InChI is InChI=1S/C25H19BrFNO4S/c1-31-22-12-18(6-11-21(22)32-15-17-2-7-19(26)8-3-17)13-23-24(29)28(25(30)33-23)14-16-4-9-20(27)10-5-16/h2-13H,14-15H2,1H3/b23-13-. The molecule has 1 fully saturated rings. The molecule has 0 spiro atoms. The number of imide groups is 1. The third kappa shape index (κ3) is 5.64. The summed E-state index contributed by atoms with van der Waals surface area (Å²) in [7, 11) is 1.54. The highest BCUT2D eigenvalue weighted by Crippen LogP contribution is 2.35. The van der Waals surface area contributed by atoms with Gasteiger partial charge in [0.1, 0.15) is 12.4 Å². The summed E-state index contributed by atoms with van der Waals surface area (Å²) in [5, 5.41) is -0.364. The Kier molecular flexibility index (Phi) is 7.15. The fraction of sp³-hybridized carbons (Fsp3) is 0.120.